The van der Waals surface area contributed by atoms with Crippen LogP contribution in [-0.2, 0) is 16.0 Å². The van der Waals surface area contributed by atoms with E-state index in [1.54, 1.807) is 6.92 Å². The molecule has 32 heavy (non-hydrogen) atoms. The number of nitrogens with zero attached hydrogens (tertiary/aromatic N) is 2. The summed E-state index contributed by atoms with van der Waals surface area (Å²) < 4.78 is 17.5. The van der Waals surface area contributed by atoms with Gasteiger partial charge in [-0.25, -0.2) is 9.78 Å². The zero-order valence-electron chi connectivity index (χ0n) is 17.9. The molecule has 8 heteroatoms. The fourth-order valence-electron chi connectivity index (χ4n) is 4.14. The van der Waals surface area contributed by atoms with Crippen molar-refractivity contribution >= 4 is 38.6 Å². The first-order chi connectivity index (χ1) is 15.7. The third-order valence-corrected chi connectivity index (χ3v) is 6.51. The predicted molar refractivity (Wildman–Crippen MR) is 124 cm³/mol. The van der Waals surface area contributed by atoms with Crippen LogP contribution < -0.4 is 4.74 Å². The lowest BCUT2D eigenvalue weighted by Gasteiger charge is -2.31. The smallest absolute Gasteiger partial charge is 0.435 e. The van der Waals surface area contributed by atoms with Crippen LogP contribution in [-0.4, -0.2) is 46.8 Å². The Labute approximate surface area is 189 Å². The van der Waals surface area contributed by atoms with Gasteiger partial charge in [-0.2, -0.15) is 0 Å². The number of rotatable bonds is 6. The summed E-state index contributed by atoms with van der Waals surface area (Å²) in [6.07, 6.45) is 3.21. The topological polar surface area (TPSA) is 76.7 Å². The monoisotopic (exact) mass is 451 g/mol. The Kier molecular flexibility index (Phi) is 5.96. The Morgan fingerprint density at radius 1 is 1.28 bits per heavy atom. The summed E-state index contributed by atoms with van der Waals surface area (Å²) in [6.45, 7) is 4.59. The fourth-order valence-corrected chi connectivity index (χ4v) is 4.97. The molecule has 3 heterocycles. The van der Waals surface area contributed by atoms with Crippen LogP contribution in [0.15, 0.2) is 48.7 Å². The summed E-state index contributed by atoms with van der Waals surface area (Å²) in [4.78, 5) is 21.9. The van der Waals surface area contributed by atoms with Crippen molar-refractivity contribution in [3.63, 3.8) is 0 Å². The van der Waals surface area contributed by atoms with Gasteiger partial charge < -0.3 is 19.2 Å². The number of fused-ring (bicyclic) bond motifs is 2. The van der Waals surface area contributed by atoms with E-state index in [0.29, 0.717) is 18.3 Å². The number of hydrogen-bond donors (Lipinski definition) is 1. The van der Waals surface area contributed by atoms with E-state index in [4.69, 9.17) is 14.2 Å². The number of carbonyl (C=O) groups is 1. The van der Waals surface area contributed by atoms with Gasteiger partial charge in [0.05, 0.1) is 16.8 Å². The molecular weight excluding hydrogens is 426 g/mol. The molecule has 0 amide bonds. The number of aromatic amines is 1. The molecule has 0 radical (unpaired) electrons. The van der Waals surface area contributed by atoms with E-state index in [1.807, 2.05) is 42.6 Å². The number of H-pyrrole nitrogens is 1. The molecule has 1 aliphatic rings. The van der Waals surface area contributed by atoms with Gasteiger partial charge >= 0.3 is 6.16 Å². The molecule has 0 unspecified atom stereocenters. The van der Waals surface area contributed by atoms with Crippen molar-refractivity contribution in [2.45, 2.75) is 32.4 Å². The number of nitrogens with one attached hydrogen (secondary N) is 1. The van der Waals surface area contributed by atoms with Crippen molar-refractivity contribution in [2.75, 3.05) is 19.7 Å². The highest BCUT2D eigenvalue weighted by Gasteiger charge is 2.24. The molecule has 1 atom stereocenters. The lowest BCUT2D eigenvalue weighted by Crippen LogP contribution is -2.40. The maximum Gasteiger partial charge on any atom is 0.508 e. The minimum Gasteiger partial charge on any atom is -0.435 e. The second-order valence-electron chi connectivity index (χ2n) is 7.87. The molecule has 5 rings (SSSR count). The van der Waals surface area contributed by atoms with Crippen molar-refractivity contribution in [2.24, 2.45) is 0 Å². The van der Waals surface area contributed by atoms with E-state index in [0.717, 1.165) is 52.8 Å². The number of hydrogen-bond acceptors (Lipinski definition) is 7. The summed E-state index contributed by atoms with van der Waals surface area (Å²) >= 11 is 1.54. The van der Waals surface area contributed by atoms with Crippen LogP contribution in [0.2, 0.25) is 0 Å². The first kappa shape index (κ1) is 20.8. The Morgan fingerprint density at radius 2 is 2.19 bits per heavy atom. The molecule has 1 N–H and O–H groups in total. The van der Waals surface area contributed by atoms with Crippen LogP contribution in [0.3, 0.4) is 0 Å². The number of carbonyl (C=O) groups excluding carboxylic acids is 1. The van der Waals surface area contributed by atoms with Crippen LogP contribution in [0.1, 0.15) is 25.3 Å². The van der Waals surface area contributed by atoms with Crippen LogP contribution in [0, 0.1) is 0 Å². The van der Waals surface area contributed by atoms with Gasteiger partial charge in [-0.1, -0.05) is 23.5 Å². The Morgan fingerprint density at radius 3 is 3.06 bits per heavy atom. The summed E-state index contributed by atoms with van der Waals surface area (Å²) in [7, 11) is 0. The largest absolute Gasteiger partial charge is 0.508 e. The van der Waals surface area contributed by atoms with Gasteiger partial charge in [-0.05, 0) is 56.1 Å². The molecule has 7 nitrogen and oxygen atoms in total. The zero-order valence-corrected chi connectivity index (χ0v) is 18.7. The maximum absolute atomic E-state index is 11.6. The molecule has 166 valence electrons. The van der Waals surface area contributed by atoms with Crippen molar-refractivity contribution in [3.05, 3.63) is 54.2 Å². The first-order valence-electron chi connectivity index (χ1n) is 10.9. The highest BCUT2D eigenvalue weighted by molar-refractivity contribution is 7.20. The SMILES string of the molecule is CCOC(=O)O[C@@H]1CCCN(Cc2c[nH]c3cc(Oc4nc5ccccc5s4)ccc23)C1. The minimum absolute atomic E-state index is 0.123. The summed E-state index contributed by atoms with van der Waals surface area (Å²) in [6, 6.07) is 14.1. The molecule has 1 aliphatic heterocycles. The van der Waals surface area contributed by atoms with Crippen molar-refractivity contribution in [1.29, 1.82) is 0 Å². The van der Waals surface area contributed by atoms with Gasteiger partial charge in [0.15, 0.2) is 0 Å². The fraction of sp³-hybridized carbons (Fsp3) is 0.333. The molecule has 1 saturated heterocycles. The van der Waals surface area contributed by atoms with Gasteiger partial charge in [0.25, 0.3) is 5.19 Å². The van der Waals surface area contributed by atoms with E-state index in [1.165, 1.54) is 16.9 Å². The minimum atomic E-state index is -0.577. The van der Waals surface area contributed by atoms with Crippen molar-refractivity contribution < 1.29 is 19.0 Å². The second kappa shape index (κ2) is 9.18. The summed E-state index contributed by atoms with van der Waals surface area (Å²) in [5.41, 5.74) is 3.18. The van der Waals surface area contributed by atoms with E-state index >= 15 is 0 Å². The molecule has 2 aromatic heterocycles. The molecule has 1 fully saturated rings. The number of likely N-dealkylation sites (tertiary alicyclic amines) is 1. The van der Waals surface area contributed by atoms with Gasteiger partial charge in [0.1, 0.15) is 11.9 Å². The van der Waals surface area contributed by atoms with Gasteiger partial charge in [-0.3, -0.25) is 4.90 Å². The second-order valence-corrected chi connectivity index (χ2v) is 8.86. The lowest BCUT2D eigenvalue weighted by atomic mass is 10.1. The molecule has 0 spiro atoms. The van der Waals surface area contributed by atoms with Gasteiger partial charge in [-0.15, -0.1) is 0 Å². The van der Waals surface area contributed by atoms with E-state index in [2.05, 4.69) is 20.9 Å². The van der Waals surface area contributed by atoms with Crippen LogP contribution in [0.4, 0.5) is 4.79 Å². The lowest BCUT2D eigenvalue weighted by molar-refractivity contribution is -0.00454. The van der Waals surface area contributed by atoms with Crippen LogP contribution in [0.5, 0.6) is 10.9 Å². The Hall–Kier alpha value is -3.10. The third kappa shape index (κ3) is 4.56. The van der Waals surface area contributed by atoms with Crippen molar-refractivity contribution in [1.82, 2.24) is 14.9 Å². The quantitative estimate of drug-likeness (QED) is 0.379. The normalized spacial score (nSPS) is 17.0. The number of thiazole rings is 1. The first-order valence-corrected chi connectivity index (χ1v) is 11.7. The molecule has 0 saturated carbocycles. The zero-order chi connectivity index (χ0) is 21.9. The van der Waals surface area contributed by atoms with Crippen LogP contribution in [0.25, 0.3) is 21.1 Å². The summed E-state index contributed by atoms with van der Waals surface area (Å²) in [5.74, 6) is 0.755. The van der Waals surface area contributed by atoms with E-state index in [-0.39, 0.29) is 6.10 Å². The molecule has 0 bridgehead atoms. The Bertz CT molecular complexity index is 1200. The number of aromatic nitrogens is 2. The van der Waals surface area contributed by atoms with E-state index < -0.39 is 6.16 Å². The number of para-hydroxylation sites is 1. The standard InChI is InChI=1S/C24H25N3O4S/c1-2-29-24(28)31-18-6-5-11-27(15-18)14-16-13-25-21-12-17(9-10-19(16)21)30-23-26-20-7-3-4-8-22(20)32-23/h3-4,7-10,12-13,18,25H,2,5-6,11,14-15H2,1H3/t18-/m1/s1. The highest BCUT2D eigenvalue weighted by Crippen LogP contribution is 2.33. The third-order valence-electron chi connectivity index (χ3n) is 5.60. The number of piperidine rings is 1. The Balaban J connectivity index is 1.26. The average Bonchev–Trinajstić information content (AvgIpc) is 3.37. The van der Waals surface area contributed by atoms with Gasteiger partial charge in [0.2, 0.25) is 0 Å². The maximum atomic E-state index is 11.6. The van der Waals surface area contributed by atoms with Gasteiger partial charge in [0, 0.05) is 36.3 Å². The molecule has 0 aliphatic carbocycles. The van der Waals surface area contributed by atoms with E-state index in [9.17, 15) is 4.79 Å². The molecule has 2 aromatic carbocycles. The number of ether oxygens (including phenoxy) is 3. The summed E-state index contributed by atoms with van der Waals surface area (Å²) in [5, 5.41) is 1.80. The predicted octanol–water partition coefficient (Wildman–Crippen LogP) is 5.71. The molecule has 4 aromatic rings. The highest BCUT2D eigenvalue weighted by atomic mass is 32.1. The molecular formula is C24H25N3O4S. The average molecular weight is 452 g/mol. The van der Waals surface area contributed by atoms with Crippen molar-refractivity contribution in [3.8, 4) is 10.9 Å². The van der Waals surface area contributed by atoms with Crippen LogP contribution >= 0.6 is 11.3 Å². The number of benzene rings is 2.